The number of carbonyl (C=O) groups is 2. The van der Waals surface area contributed by atoms with E-state index in [-0.39, 0.29) is 30.6 Å². The van der Waals surface area contributed by atoms with Crippen LogP contribution in [0, 0.1) is 0 Å². The van der Waals surface area contributed by atoms with E-state index in [0.29, 0.717) is 19.7 Å². The fourth-order valence-electron chi connectivity index (χ4n) is 2.72. The number of hydrogen-bond donors (Lipinski definition) is 1. The van der Waals surface area contributed by atoms with E-state index in [4.69, 9.17) is 9.47 Å². The molecule has 118 valence electrons. The van der Waals surface area contributed by atoms with Crippen molar-refractivity contribution in [2.45, 2.75) is 25.0 Å². The van der Waals surface area contributed by atoms with Crippen LogP contribution in [0.4, 0.5) is 5.69 Å². The lowest BCUT2D eigenvalue weighted by Crippen LogP contribution is -2.51. The zero-order valence-electron chi connectivity index (χ0n) is 12.4. The normalized spacial score (nSPS) is 25.3. The molecule has 0 saturated carbocycles. The molecule has 2 heterocycles. The van der Waals surface area contributed by atoms with E-state index in [9.17, 15) is 9.59 Å². The lowest BCUT2D eigenvalue weighted by atomic mass is 10.2. The molecule has 0 aliphatic carbocycles. The first kappa shape index (κ1) is 15.0. The summed E-state index contributed by atoms with van der Waals surface area (Å²) in [6, 6.07) is 9.49. The van der Waals surface area contributed by atoms with Gasteiger partial charge >= 0.3 is 0 Å². The molecule has 2 unspecified atom stereocenters. The summed E-state index contributed by atoms with van der Waals surface area (Å²) in [5.41, 5.74) is 0.853. The monoisotopic (exact) mass is 304 g/mol. The number of nitrogens with zero attached hydrogens (tertiary/aromatic N) is 1. The van der Waals surface area contributed by atoms with Gasteiger partial charge in [-0.25, -0.2) is 0 Å². The number of para-hydroxylation sites is 1. The topological polar surface area (TPSA) is 67.9 Å². The molecule has 2 saturated heterocycles. The molecule has 2 fully saturated rings. The number of morpholine rings is 1. The highest BCUT2D eigenvalue weighted by Gasteiger charge is 2.29. The lowest BCUT2D eigenvalue weighted by Gasteiger charge is -2.33. The van der Waals surface area contributed by atoms with E-state index >= 15 is 0 Å². The molecule has 0 spiro atoms. The van der Waals surface area contributed by atoms with E-state index < -0.39 is 0 Å². The number of hydrogen-bond acceptors (Lipinski definition) is 4. The first-order valence-corrected chi connectivity index (χ1v) is 7.60. The third-order valence-electron chi connectivity index (χ3n) is 3.92. The summed E-state index contributed by atoms with van der Waals surface area (Å²) in [5.74, 6) is -0.155. The van der Waals surface area contributed by atoms with Crippen LogP contribution in [-0.4, -0.2) is 50.3 Å². The Bertz CT molecular complexity index is 528. The molecule has 1 aromatic rings. The quantitative estimate of drug-likeness (QED) is 0.890. The molecule has 0 aromatic heterocycles. The summed E-state index contributed by atoms with van der Waals surface area (Å²) >= 11 is 0. The summed E-state index contributed by atoms with van der Waals surface area (Å²) < 4.78 is 10.9. The molecule has 3 rings (SSSR count). The highest BCUT2D eigenvalue weighted by atomic mass is 16.5. The SMILES string of the molecule is O=C(NCC1CN(c2ccccc2)C(=O)CO1)C1CCCO1. The highest BCUT2D eigenvalue weighted by molar-refractivity contribution is 5.95. The Morgan fingerprint density at radius 2 is 2.09 bits per heavy atom. The Morgan fingerprint density at radius 3 is 2.82 bits per heavy atom. The van der Waals surface area contributed by atoms with Crippen molar-refractivity contribution in [1.82, 2.24) is 5.32 Å². The largest absolute Gasteiger partial charge is 0.368 e. The van der Waals surface area contributed by atoms with Crippen LogP contribution in [0.1, 0.15) is 12.8 Å². The second kappa shape index (κ2) is 6.89. The summed E-state index contributed by atoms with van der Waals surface area (Å²) in [6.45, 7) is 1.51. The third kappa shape index (κ3) is 3.45. The molecule has 0 radical (unpaired) electrons. The van der Waals surface area contributed by atoms with Gasteiger partial charge in [-0.2, -0.15) is 0 Å². The molecule has 1 N–H and O–H groups in total. The molecule has 22 heavy (non-hydrogen) atoms. The smallest absolute Gasteiger partial charge is 0.253 e. The predicted octanol–water partition coefficient (Wildman–Crippen LogP) is 0.714. The van der Waals surface area contributed by atoms with Crippen LogP contribution < -0.4 is 10.2 Å². The van der Waals surface area contributed by atoms with Crippen molar-refractivity contribution in [1.29, 1.82) is 0 Å². The van der Waals surface area contributed by atoms with Crippen molar-refractivity contribution >= 4 is 17.5 Å². The Labute approximate surface area is 129 Å². The summed E-state index contributed by atoms with van der Waals surface area (Å²) in [7, 11) is 0. The molecular weight excluding hydrogens is 284 g/mol. The van der Waals surface area contributed by atoms with Gasteiger partial charge in [-0.1, -0.05) is 18.2 Å². The van der Waals surface area contributed by atoms with Crippen LogP contribution in [0.2, 0.25) is 0 Å². The first-order valence-electron chi connectivity index (χ1n) is 7.60. The Kier molecular flexibility index (Phi) is 4.70. The van der Waals surface area contributed by atoms with Gasteiger partial charge < -0.3 is 19.7 Å². The minimum Gasteiger partial charge on any atom is -0.368 e. The average molecular weight is 304 g/mol. The van der Waals surface area contributed by atoms with Crippen molar-refractivity contribution < 1.29 is 19.1 Å². The molecule has 6 nitrogen and oxygen atoms in total. The van der Waals surface area contributed by atoms with Gasteiger partial charge in [0, 0.05) is 18.8 Å². The van der Waals surface area contributed by atoms with E-state index in [2.05, 4.69) is 5.32 Å². The van der Waals surface area contributed by atoms with Crippen LogP contribution in [0.15, 0.2) is 30.3 Å². The minimum absolute atomic E-state index is 0.0371. The van der Waals surface area contributed by atoms with Crippen molar-refractivity contribution in [3.63, 3.8) is 0 Å². The summed E-state index contributed by atoms with van der Waals surface area (Å²) in [4.78, 5) is 25.6. The fourth-order valence-corrected chi connectivity index (χ4v) is 2.72. The van der Waals surface area contributed by atoms with E-state index in [1.54, 1.807) is 4.90 Å². The van der Waals surface area contributed by atoms with Crippen LogP contribution in [0.25, 0.3) is 0 Å². The van der Waals surface area contributed by atoms with E-state index in [1.165, 1.54) is 0 Å². The first-order chi connectivity index (χ1) is 10.7. The van der Waals surface area contributed by atoms with Gasteiger partial charge in [-0.15, -0.1) is 0 Å². The average Bonchev–Trinajstić information content (AvgIpc) is 3.09. The van der Waals surface area contributed by atoms with Crippen LogP contribution in [0.5, 0.6) is 0 Å². The maximum Gasteiger partial charge on any atom is 0.253 e. The second-order valence-corrected chi connectivity index (χ2v) is 5.52. The zero-order chi connectivity index (χ0) is 15.4. The second-order valence-electron chi connectivity index (χ2n) is 5.52. The van der Waals surface area contributed by atoms with Crippen molar-refractivity contribution in [3.8, 4) is 0 Å². The number of ether oxygens (including phenoxy) is 2. The number of rotatable bonds is 4. The maximum absolute atomic E-state index is 12.0. The number of benzene rings is 1. The summed E-state index contributed by atoms with van der Waals surface area (Å²) in [6.07, 6.45) is 1.15. The summed E-state index contributed by atoms with van der Waals surface area (Å²) in [5, 5.41) is 2.85. The number of amides is 2. The Balaban J connectivity index is 1.54. The molecular formula is C16H20N2O4. The fraction of sp³-hybridized carbons (Fsp3) is 0.500. The van der Waals surface area contributed by atoms with E-state index in [0.717, 1.165) is 18.5 Å². The maximum atomic E-state index is 12.0. The minimum atomic E-state index is -0.338. The molecule has 0 bridgehead atoms. The molecule has 6 heteroatoms. The van der Waals surface area contributed by atoms with Crippen molar-refractivity contribution in [2.24, 2.45) is 0 Å². The molecule has 2 amide bonds. The lowest BCUT2D eigenvalue weighted by molar-refractivity contribution is -0.132. The van der Waals surface area contributed by atoms with Crippen molar-refractivity contribution in [2.75, 3.05) is 31.2 Å². The van der Waals surface area contributed by atoms with Crippen molar-refractivity contribution in [3.05, 3.63) is 30.3 Å². The van der Waals surface area contributed by atoms with Gasteiger partial charge in [0.1, 0.15) is 12.7 Å². The van der Waals surface area contributed by atoms with E-state index in [1.807, 2.05) is 30.3 Å². The number of carbonyl (C=O) groups excluding carboxylic acids is 2. The molecule has 2 aliphatic heterocycles. The highest BCUT2D eigenvalue weighted by Crippen LogP contribution is 2.18. The van der Waals surface area contributed by atoms with Crippen LogP contribution in [0.3, 0.4) is 0 Å². The van der Waals surface area contributed by atoms with Crippen LogP contribution >= 0.6 is 0 Å². The molecule has 1 aromatic carbocycles. The standard InChI is InChI=1S/C16H20N2O4/c19-15-11-22-13(9-17-16(20)14-7-4-8-21-14)10-18(15)12-5-2-1-3-6-12/h1-3,5-6,13-14H,4,7-11H2,(H,17,20). The van der Waals surface area contributed by atoms with Gasteiger partial charge in [0.2, 0.25) is 5.91 Å². The van der Waals surface area contributed by atoms with Gasteiger partial charge in [0.25, 0.3) is 5.91 Å². The van der Waals surface area contributed by atoms with Crippen LogP contribution in [-0.2, 0) is 19.1 Å². The van der Waals surface area contributed by atoms with Gasteiger partial charge in [-0.05, 0) is 25.0 Å². The Morgan fingerprint density at radius 1 is 1.27 bits per heavy atom. The zero-order valence-corrected chi connectivity index (χ0v) is 12.4. The van der Waals surface area contributed by atoms with Gasteiger partial charge in [0.05, 0.1) is 12.6 Å². The van der Waals surface area contributed by atoms with Gasteiger partial charge in [-0.3, -0.25) is 9.59 Å². The predicted molar refractivity (Wildman–Crippen MR) is 80.5 cm³/mol. The Hall–Kier alpha value is -1.92. The third-order valence-corrected chi connectivity index (χ3v) is 3.92. The van der Waals surface area contributed by atoms with Gasteiger partial charge in [0.15, 0.2) is 0 Å². The number of nitrogens with one attached hydrogen (secondary N) is 1. The molecule has 2 aliphatic rings. The molecule has 2 atom stereocenters. The number of anilines is 1.